The Kier molecular flexibility index (Phi) is 4.62. The Morgan fingerprint density at radius 2 is 2.17 bits per heavy atom. The summed E-state index contributed by atoms with van der Waals surface area (Å²) in [6, 6.07) is 0. The second-order valence-corrected chi connectivity index (χ2v) is 5.56. The van der Waals surface area contributed by atoms with E-state index in [1.807, 2.05) is 0 Å². The van der Waals surface area contributed by atoms with Gasteiger partial charge in [0, 0.05) is 19.4 Å². The molecule has 0 bridgehead atoms. The summed E-state index contributed by atoms with van der Waals surface area (Å²) in [4.78, 5) is 4.48. The zero-order valence-corrected chi connectivity index (χ0v) is 11.9. The lowest BCUT2D eigenvalue weighted by atomic mass is 9.79. The number of hydrogen-bond acceptors (Lipinski definition) is 4. The first-order chi connectivity index (χ1) is 8.70. The molecular weight excluding hydrogens is 252 g/mol. The average molecular weight is 273 g/mol. The highest BCUT2D eigenvalue weighted by atomic mass is 35.5. The van der Waals surface area contributed by atoms with Gasteiger partial charge in [-0.1, -0.05) is 12.1 Å². The molecule has 1 aromatic rings. The standard InChI is InChI=1S/C13H21ClN2O2/c1-10-5-7-13(17-2,8-6-10)12-15-11(18-16-12)4-3-9-14/h10H,3-9H2,1-2H3. The first-order valence-corrected chi connectivity index (χ1v) is 7.18. The van der Waals surface area contributed by atoms with Gasteiger partial charge in [0.25, 0.3) is 0 Å². The van der Waals surface area contributed by atoms with Crippen LogP contribution < -0.4 is 0 Å². The van der Waals surface area contributed by atoms with Gasteiger partial charge < -0.3 is 9.26 Å². The minimum absolute atomic E-state index is 0.338. The Bertz CT molecular complexity index is 373. The molecule has 102 valence electrons. The molecule has 0 aromatic carbocycles. The van der Waals surface area contributed by atoms with Crippen LogP contribution in [-0.4, -0.2) is 23.1 Å². The predicted octanol–water partition coefficient (Wildman–Crippen LogP) is 3.29. The summed E-state index contributed by atoms with van der Waals surface area (Å²) < 4.78 is 11.0. The zero-order valence-electron chi connectivity index (χ0n) is 11.1. The highest BCUT2D eigenvalue weighted by Gasteiger charge is 2.40. The molecule has 1 aliphatic carbocycles. The monoisotopic (exact) mass is 272 g/mol. The van der Waals surface area contributed by atoms with Crippen molar-refractivity contribution in [1.82, 2.24) is 10.1 Å². The summed E-state index contributed by atoms with van der Waals surface area (Å²) in [5, 5.41) is 4.11. The van der Waals surface area contributed by atoms with Gasteiger partial charge in [-0.05, 0) is 38.0 Å². The molecular formula is C13H21ClN2O2. The van der Waals surface area contributed by atoms with Gasteiger partial charge in [0.05, 0.1) is 0 Å². The topological polar surface area (TPSA) is 48.2 Å². The Labute approximate surface area is 113 Å². The molecule has 0 aliphatic heterocycles. The normalized spacial score (nSPS) is 28.5. The van der Waals surface area contributed by atoms with Crippen LogP contribution in [-0.2, 0) is 16.8 Å². The van der Waals surface area contributed by atoms with Crippen LogP contribution in [0, 0.1) is 5.92 Å². The van der Waals surface area contributed by atoms with Crippen LogP contribution in [0.4, 0.5) is 0 Å². The van der Waals surface area contributed by atoms with Crippen LogP contribution in [0.15, 0.2) is 4.52 Å². The van der Waals surface area contributed by atoms with E-state index in [-0.39, 0.29) is 5.60 Å². The maximum absolute atomic E-state index is 5.72. The lowest BCUT2D eigenvalue weighted by molar-refractivity contribution is -0.0609. The lowest BCUT2D eigenvalue weighted by Crippen LogP contribution is -2.34. The molecule has 0 saturated heterocycles. The van der Waals surface area contributed by atoms with Gasteiger partial charge in [-0.2, -0.15) is 4.98 Å². The van der Waals surface area contributed by atoms with Gasteiger partial charge in [-0.3, -0.25) is 0 Å². The van der Waals surface area contributed by atoms with Crippen LogP contribution in [0.2, 0.25) is 0 Å². The molecule has 0 atom stereocenters. The number of alkyl halides is 1. The summed E-state index contributed by atoms with van der Waals surface area (Å²) in [5.74, 6) is 2.75. The van der Waals surface area contributed by atoms with Gasteiger partial charge in [0.1, 0.15) is 5.60 Å². The van der Waals surface area contributed by atoms with Gasteiger partial charge >= 0.3 is 0 Å². The van der Waals surface area contributed by atoms with Crippen molar-refractivity contribution >= 4 is 11.6 Å². The number of methoxy groups -OCH3 is 1. The van der Waals surface area contributed by atoms with Gasteiger partial charge in [-0.25, -0.2) is 0 Å². The number of aryl methyl sites for hydroxylation is 1. The van der Waals surface area contributed by atoms with Gasteiger partial charge in [0.2, 0.25) is 11.7 Å². The lowest BCUT2D eigenvalue weighted by Gasteiger charge is -2.35. The number of hydrogen-bond donors (Lipinski definition) is 0. The zero-order chi connectivity index (χ0) is 13.0. The quantitative estimate of drug-likeness (QED) is 0.772. The van der Waals surface area contributed by atoms with Crippen LogP contribution in [0.3, 0.4) is 0 Å². The second kappa shape index (κ2) is 6.02. The summed E-state index contributed by atoms with van der Waals surface area (Å²) in [6.45, 7) is 2.28. The molecule has 0 spiro atoms. The average Bonchev–Trinajstić information content (AvgIpc) is 2.87. The van der Waals surface area contributed by atoms with Gasteiger partial charge in [0.15, 0.2) is 0 Å². The predicted molar refractivity (Wildman–Crippen MR) is 69.7 cm³/mol. The van der Waals surface area contributed by atoms with Crippen molar-refractivity contribution in [3.63, 3.8) is 0 Å². The van der Waals surface area contributed by atoms with Gasteiger partial charge in [-0.15, -0.1) is 11.6 Å². The van der Waals surface area contributed by atoms with Crippen LogP contribution >= 0.6 is 11.6 Å². The maximum Gasteiger partial charge on any atom is 0.226 e. The highest BCUT2D eigenvalue weighted by molar-refractivity contribution is 6.17. The van der Waals surface area contributed by atoms with E-state index in [2.05, 4.69) is 17.1 Å². The van der Waals surface area contributed by atoms with Crippen molar-refractivity contribution in [2.45, 2.75) is 51.0 Å². The number of halogens is 1. The van der Waals surface area contributed by atoms with Crippen molar-refractivity contribution in [1.29, 1.82) is 0 Å². The molecule has 2 rings (SSSR count). The third-order valence-corrected chi connectivity index (χ3v) is 4.14. The molecule has 0 radical (unpaired) electrons. The fourth-order valence-electron chi connectivity index (χ4n) is 2.51. The van der Waals surface area contributed by atoms with Crippen LogP contribution in [0.25, 0.3) is 0 Å². The molecule has 1 saturated carbocycles. The first-order valence-electron chi connectivity index (χ1n) is 6.64. The molecule has 1 aliphatic rings. The fourth-order valence-corrected chi connectivity index (χ4v) is 2.64. The summed E-state index contributed by atoms with van der Waals surface area (Å²) >= 11 is 5.66. The minimum Gasteiger partial charge on any atom is -0.370 e. The van der Waals surface area contributed by atoms with E-state index in [1.165, 1.54) is 0 Å². The first kappa shape index (κ1) is 13.8. The van der Waals surface area contributed by atoms with Crippen molar-refractivity contribution in [2.24, 2.45) is 5.92 Å². The molecule has 4 nitrogen and oxygen atoms in total. The van der Waals surface area contributed by atoms with Crippen molar-refractivity contribution in [2.75, 3.05) is 13.0 Å². The fraction of sp³-hybridized carbons (Fsp3) is 0.846. The van der Waals surface area contributed by atoms with Crippen molar-refractivity contribution in [3.05, 3.63) is 11.7 Å². The van der Waals surface area contributed by atoms with E-state index in [1.54, 1.807) is 7.11 Å². The number of rotatable bonds is 5. The summed E-state index contributed by atoms with van der Waals surface area (Å²) in [7, 11) is 1.74. The SMILES string of the molecule is COC1(c2noc(CCCCl)n2)CCC(C)CC1. The Morgan fingerprint density at radius 1 is 1.44 bits per heavy atom. The van der Waals surface area contributed by atoms with E-state index >= 15 is 0 Å². The van der Waals surface area contributed by atoms with E-state index in [4.69, 9.17) is 20.9 Å². The third-order valence-electron chi connectivity index (χ3n) is 3.87. The molecule has 1 fully saturated rings. The molecule has 18 heavy (non-hydrogen) atoms. The summed E-state index contributed by atoms with van der Waals surface area (Å²) in [5.41, 5.74) is -0.338. The maximum atomic E-state index is 5.72. The molecule has 1 heterocycles. The number of ether oxygens (including phenoxy) is 1. The van der Waals surface area contributed by atoms with Crippen molar-refractivity contribution < 1.29 is 9.26 Å². The third kappa shape index (κ3) is 2.86. The highest BCUT2D eigenvalue weighted by Crippen LogP contribution is 2.40. The summed E-state index contributed by atoms with van der Waals surface area (Å²) in [6.07, 6.45) is 5.85. The van der Waals surface area contributed by atoms with Crippen LogP contribution in [0.1, 0.15) is 50.7 Å². The van der Waals surface area contributed by atoms with Crippen molar-refractivity contribution in [3.8, 4) is 0 Å². The molecule has 5 heteroatoms. The largest absolute Gasteiger partial charge is 0.370 e. The molecule has 0 N–H and O–H groups in total. The van der Waals surface area contributed by atoms with E-state index in [0.29, 0.717) is 17.6 Å². The smallest absolute Gasteiger partial charge is 0.226 e. The number of aromatic nitrogens is 2. The number of nitrogens with zero attached hydrogens (tertiary/aromatic N) is 2. The minimum atomic E-state index is -0.338. The Balaban J connectivity index is 2.09. The van der Waals surface area contributed by atoms with Crippen LogP contribution in [0.5, 0.6) is 0 Å². The second-order valence-electron chi connectivity index (χ2n) is 5.19. The van der Waals surface area contributed by atoms with E-state index in [9.17, 15) is 0 Å². The van der Waals surface area contributed by atoms with E-state index in [0.717, 1.165) is 44.4 Å². The molecule has 0 amide bonds. The Hall–Kier alpha value is -0.610. The molecule has 1 aromatic heterocycles. The Morgan fingerprint density at radius 3 is 2.78 bits per heavy atom. The van der Waals surface area contributed by atoms with E-state index < -0.39 is 0 Å². The molecule has 0 unspecified atom stereocenters.